The molecule has 0 unspecified atom stereocenters. The second kappa shape index (κ2) is 5.98. The van der Waals surface area contributed by atoms with Gasteiger partial charge >= 0.3 is 0 Å². The molecule has 0 aliphatic carbocycles. The lowest BCUT2D eigenvalue weighted by Crippen LogP contribution is -2.06. The third kappa shape index (κ3) is 3.23. The van der Waals surface area contributed by atoms with Crippen LogP contribution in [0.2, 0.25) is 5.02 Å². The topological polar surface area (TPSA) is 26.3 Å². The van der Waals surface area contributed by atoms with Gasteiger partial charge in [-0.3, -0.25) is 4.79 Å². The van der Waals surface area contributed by atoms with Crippen LogP contribution in [-0.4, -0.2) is 12.4 Å². The van der Waals surface area contributed by atoms with Crippen molar-refractivity contribution >= 4 is 23.5 Å². The molecule has 104 valence electrons. The van der Waals surface area contributed by atoms with Crippen molar-refractivity contribution in [3.63, 3.8) is 0 Å². The lowest BCUT2D eigenvalue weighted by atomic mass is 10.1. The van der Waals surface area contributed by atoms with E-state index >= 15 is 0 Å². The zero-order chi connectivity index (χ0) is 14.7. The molecule has 2 nitrogen and oxygen atoms in total. The Balaban J connectivity index is 1.80. The maximum absolute atomic E-state index is 12.0. The van der Waals surface area contributed by atoms with Crippen LogP contribution < -0.4 is 4.74 Å². The zero-order valence-corrected chi connectivity index (χ0v) is 12.0. The minimum absolute atomic E-state index is 0.0200. The molecule has 0 N–H and O–H groups in total. The Morgan fingerprint density at radius 3 is 2.76 bits per heavy atom. The Morgan fingerprint density at radius 2 is 1.95 bits per heavy atom. The monoisotopic (exact) mass is 296 g/mol. The maximum Gasteiger partial charge on any atom is 0.185 e. The fourth-order valence-corrected chi connectivity index (χ4v) is 2.32. The minimum Gasteiger partial charge on any atom is -0.488 e. The van der Waals surface area contributed by atoms with Crippen molar-refractivity contribution in [1.82, 2.24) is 0 Å². The van der Waals surface area contributed by atoms with E-state index in [-0.39, 0.29) is 5.78 Å². The van der Waals surface area contributed by atoms with Crippen molar-refractivity contribution in [1.29, 1.82) is 0 Å². The molecule has 0 spiro atoms. The average Bonchev–Trinajstić information content (AvgIpc) is 2.53. The highest BCUT2D eigenvalue weighted by Crippen LogP contribution is 2.29. The summed E-state index contributed by atoms with van der Waals surface area (Å²) in [4.78, 5) is 12.0. The number of benzene rings is 2. The third-order valence-electron chi connectivity index (χ3n) is 3.21. The van der Waals surface area contributed by atoms with Crippen LogP contribution in [0.5, 0.6) is 5.75 Å². The summed E-state index contributed by atoms with van der Waals surface area (Å²) in [5.74, 6) is 0.791. The Kier molecular flexibility index (Phi) is 3.89. The first kappa shape index (κ1) is 13.7. The van der Waals surface area contributed by atoms with Crippen LogP contribution in [-0.2, 0) is 0 Å². The summed E-state index contributed by atoms with van der Waals surface area (Å²) in [6.07, 6.45) is 5.35. The summed E-state index contributed by atoms with van der Waals surface area (Å²) < 4.78 is 5.64. The molecule has 21 heavy (non-hydrogen) atoms. The molecule has 1 aliphatic rings. The van der Waals surface area contributed by atoms with Crippen LogP contribution in [0.25, 0.3) is 6.08 Å². The predicted molar refractivity (Wildman–Crippen MR) is 84.8 cm³/mol. The Bertz CT molecular complexity index is 730. The van der Waals surface area contributed by atoms with Gasteiger partial charge in [-0.1, -0.05) is 48.0 Å². The maximum atomic E-state index is 12.0. The largest absolute Gasteiger partial charge is 0.488 e. The molecule has 0 radical (unpaired) electrons. The van der Waals surface area contributed by atoms with E-state index in [1.807, 2.05) is 36.4 Å². The predicted octanol–water partition coefficient (Wildman–Crippen LogP) is 4.55. The zero-order valence-electron chi connectivity index (χ0n) is 11.3. The Labute approximate surface area is 128 Å². The lowest BCUT2D eigenvalue weighted by molar-refractivity contribution is 0.104. The molecular weight excluding hydrogens is 284 g/mol. The molecule has 2 aromatic rings. The fraction of sp³-hybridized carbons (Fsp3) is 0.0556. The number of rotatable bonds is 3. The van der Waals surface area contributed by atoms with E-state index in [0.717, 1.165) is 16.9 Å². The Hall–Kier alpha value is -2.32. The van der Waals surface area contributed by atoms with Gasteiger partial charge in [-0.25, -0.2) is 0 Å². The summed E-state index contributed by atoms with van der Waals surface area (Å²) in [5, 5.41) is 0.666. The van der Waals surface area contributed by atoms with E-state index in [0.29, 0.717) is 17.2 Å². The molecule has 0 atom stereocenters. The van der Waals surface area contributed by atoms with Crippen LogP contribution in [0, 0.1) is 0 Å². The molecule has 1 heterocycles. The number of carbonyl (C=O) groups excluding carboxylic acids is 1. The van der Waals surface area contributed by atoms with Gasteiger partial charge in [-0.05, 0) is 35.9 Å². The van der Waals surface area contributed by atoms with E-state index in [1.54, 1.807) is 30.4 Å². The fourth-order valence-electron chi connectivity index (χ4n) is 2.14. The van der Waals surface area contributed by atoms with Gasteiger partial charge in [0.15, 0.2) is 5.78 Å². The van der Waals surface area contributed by atoms with Gasteiger partial charge in [0.25, 0.3) is 0 Å². The highest BCUT2D eigenvalue weighted by atomic mass is 35.5. The summed E-state index contributed by atoms with van der Waals surface area (Å²) in [6.45, 7) is 0.452. The summed E-state index contributed by atoms with van der Waals surface area (Å²) in [6, 6.07) is 14.7. The molecule has 3 heteroatoms. The number of ether oxygens (including phenoxy) is 1. The highest BCUT2D eigenvalue weighted by Gasteiger charge is 2.10. The standard InChI is InChI=1S/C18H13ClO2/c19-16-7-9-18-15(11-16)10-13(12-21-18)6-8-17(20)14-4-2-1-3-5-14/h1-11H,12H2/b8-6+. The first-order valence-electron chi connectivity index (χ1n) is 6.63. The van der Waals surface area contributed by atoms with Gasteiger partial charge in [0.2, 0.25) is 0 Å². The van der Waals surface area contributed by atoms with Crippen LogP contribution in [0.1, 0.15) is 15.9 Å². The lowest BCUT2D eigenvalue weighted by Gasteiger charge is -2.16. The van der Waals surface area contributed by atoms with Gasteiger partial charge in [0.1, 0.15) is 12.4 Å². The number of allylic oxidation sites excluding steroid dienone is 1. The minimum atomic E-state index is -0.0200. The van der Waals surface area contributed by atoms with E-state index in [9.17, 15) is 4.79 Å². The number of ketones is 1. The quantitative estimate of drug-likeness (QED) is 0.613. The molecule has 3 rings (SSSR count). The van der Waals surface area contributed by atoms with Crippen molar-refractivity contribution < 1.29 is 9.53 Å². The van der Waals surface area contributed by atoms with Crippen molar-refractivity contribution in [2.24, 2.45) is 0 Å². The first-order valence-corrected chi connectivity index (χ1v) is 7.00. The molecule has 1 aliphatic heterocycles. The van der Waals surface area contributed by atoms with E-state index in [4.69, 9.17) is 16.3 Å². The van der Waals surface area contributed by atoms with Crippen molar-refractivity contribution in [2.75, 3.05) is 6.61 Å². The number of halogens is 1. The van der Waals surface area contributed by atoms with Crippen molar-refractivity contribution in [3.05, 3.63) is 82.4 Å². The van der Waals surface area contributed by atoms with Gasteiger partial charge in [0, 0.05) is 16.1 Å². The number of carbonyl (C=O) groups is 1. The molecule has 0 aromatic heterocycles. The normalized spacial score (nSPS) is 13.5. The van der Waals surface area contributed by atoms with Crippen LogP contribution in [0.3, 0.4) is 0 Å². The third-order valence-corrected chi connectivity index (χ3v) is 3.45. The first-order chi connectivity index (χ1) is 10.2. The van der Waals surface area contributed by atoms with Crippen molar-refractivity contribution in [2.45, 2.75) is 0 Å². The summed E-state index contributed by atoms with van der Waals surface area (Å²) >= 11 is 5.97. The SMILES string of the molecule is O=C(/C=C/C1=Cc2cc(Cl)ccc2OC1)c1ccccc1. The summed E-state index contributed by atoms with van der Waals surface area (Å²) in [7, 11) is 0. The average molecular weight is 297 g/mol. The van der Waals surface area contributed by atoms with Crippen LogP contribution in [0.15, 0.2) is 66.3 Å². The van der Waals surface area contributed by atoms with Gasteiger partial charge in [0.05, 0.1) is 0 Å². The van der Waals surface area contributed by atoms with E-state index < -0.39 is 0 Å². The molecule has 0 saturated heterocycles. The highest BCUT2D eigenvalue weighted by molar-refractivity contribution is 6.30. The second-order valence-corrected chi connectivity index (χ2v) is 5.19. The molecular formula is C18H13ClO2. The molecule has 0 amide bonds. The van der Waals surface area contributed by atoms with Crippen molar-refractivity contribution in [3.8, 4) is 5.75 Å². The molecule has 0 bridgehead atoms. The summed E-state index contributed by atoms with van der Waals surface area (Å²) in [5.41, 5.74) is 2.55. The number of hydrogen-bond donors (Lipinski definition) is 0. The van der Waals surface area contributed by atoms with E-state index in [2.05, 4.69) is 0 Å². The van der Waals surface area contributed by atoms with Gasteiger partial charge < -0.3 is 4.74 Å². The second-order valence-electron chi connectivity index (χ2n) is 4.75. The Morgan fingerprint density at radius 1 is 1.14 bits per heavy atom. The van der Waals surface area contributed by atoms with Gasteiger partial charge in [-0.2, -0.15) is 0 Å². The number of hydrogen-bond acceptors (Lipinski definition) is 2. The molecule has 0 saturated carbocycles. The van der Waals surface area contributed by atoms with E-state index in [1.165, 1.54) is 0 Å². The molecule has 2 aromatic carbocycles. The van der Waals surface area contributed by atoms with Gasteiger partial charge in [-0.15, -0.1) is 0 Å². The number of fused-ring (bicyclic) bond motifs is 1. The molecule has 0 fully saturated rings. The smallest absolute Gasteiger partial charge is 0.185 e. The van der Waals surface area contributed by atoms with Crippen LogP contribution in [0.4, 0.5) is 0 Å². The van der Waals surface area contributed by atoms with Crippen LogP contribution >= 0.6 is 11.6 Å².